The Kier molecular flexibility index (Phi) is 5.30. The van der Waals surface area contributed by atoms with Crippen molar-refractivity contribution in [3.05, 3.63) is 63.6 Å². The van der Waals surface area contributed by atoms with Crippen LogP contribution >= 0.6 is 23.2 Å². The van der Waals surface area contributed by atoms with Gasteiger partial charge < -0.3 is 9.84 Å². The zero-order valence-electron chi connectivity index (χ0n) is 11.1. The standard InChI is InChI=1S/C16H16Cl2O2/c1-2-16(19)11-5-3-6-12(9-11)20-10-13-14(17)7-4-8-15(13)18/h3-9,16,19H,2,10H2,1H3. The van der Waals surface area contributed by atoms with Gasteiger partial charge in [-0.3, -0.25) is 0 Å². The monoisotopic (exact) mass is 310 g/mol. The molecule has 0 radical (unpaired) electrons. The number of ether oxygens (including phenoxy) is 1. The molecular formula is C16H16Cl2O2. The summed E-state index contributed by atoms with van der Waals surface area (Å²) in [6, 6.07) is 12.8. The molecule has 0 bridgehead atoms. The van der Waals surface area contributed by atoms with Crippen molar-refractivity contribution in [1.29, 1.82) is 0 Å². The third kappa shape index (κ3) is 3.66. The molecule has 2 nitrogen and oxygen atoms in total. The van der Waals surface area contributed by atoms with Crippen LogP contribution in [0.1, 0.15) is 30.6 Å². The van der Waals surface area contributed by atoms with Gasteiger partial charge >= 0.3 is 0 Å². The summed E-state index contributed by atoms with van der Waals surface area (Å²) in [5, 5.41) is 11.0. The van der Waals surface area contributed by atoms with E-state index < -0.39 is 6.10 Å². The lowest BCUT2D eigenvalue weighted by Gasteiger charge is -2.12. The molecule has 1 unspecified atom stereocenters. The quantitative estimate of drug-likeness (QED) is 0.840. The number of halogens is 2. The normalized spacial score (nSPS) is 12.2. The number of aliphatic hydroxyl groups is 1. The summed E-state index contributed by atoms with van der Waals surface area (Å²) in [5.74, 6) is 0.686. The third-order valence-corrected chi connectivity index (χ3v) is 3.78. The molecule has 2 aromatic rings. The molecule has 0 aromatic heterocycles. The van der Waals surface area contributed by atoms with Crippen LogP contribution in [0.15, 0.2) is 42.5 Å². The zero-order valence-corrected chi connectivity index (χ0v) is 12.7. The van der Waals surface area contributed by atoms with E-state index in [9.17, 15) is 5.11 Å². The van der Waals surface area contributed by atoms with Crippen LogP contribution in [-0.2, 0) is 6.61 Å². The molecule has 0 aliphatic carbocycles. The molecule has 0 saturated carbocycles. The molecule has 0 aliphatic heterocycles. The smallest absolute Gasteiger partial charge is 0.120 e. The van der Waals surface area contributed by atoms with Crippen LogP contribution in [0.25, 0.3) is 0 Å². The van der Waals surface area contributed by atoms with Crippen molar-refractivity contribution in [2.45, 2.75) is 26.1 Å². The molecule has 4 heteroatoms. The van der Waals surface area contributed by atoms with Crippen LogP contribution in [0.2, 0.25) is 10.0 Å². The SMILES string of the molecule is CCC(O)c1cccc(OCc2c(Cl)cccc2Cl)c1. The number of aliphatic hydroxyl groups excluding tert-OH is 1. The maximum absolute atomic E-state index is 9.83. The van der Waals surface area contributed by atoms with Gasteiger partial charge in [-0.05, 0) is 36.2 Å². The second-order valence-corrected chi connectivity index (χ2v) is 5.30. The summed E-state index contributed by atoms with van der Waals surface area (Å²) in [6.07, 6.45) is 0.197. The van der Waals surface area contributed by atoms with Gasteiger partial charge in [0.25, 0.3) is 0 Å². The Morgan fingerprint density at radius 1 is 1.10 bits per heavy atom. The maximum atomic E-state index is 9.83. The van der Waals surface area contributed by atoms with E-state index in [2.05, 4.69) is 0 Å². The molecule has 0 fully saturated rings. The van der Waals surface area contributed by atoms with Crippen molar-refractivity contribution in [2.24, 2.45) is 0 Å². The van der Waals surface area contributed by atoms with Gasteiger partial charge in [0.1, 0.15) is 12.4 Å². The van der Waals surface area contributed by atoms with Crippen molar-refractivity contribution < 1.29 is 9.84 Å². The van der Waals surface area contributed by atoms with E-state index in [1.807, 2.05) is 31.2 Å². The third-order valence-electron chi connectivity index (χ3n) is 3.07. The summed E-state index contributed by atoms with van der Waals surface area (Å²) >= 11 is 12.2. The Morgan fingerprint density at radius 3 is 2.40 bits per heavy atom. The van der Waals surface area contributed by atoms with Gasteiger partial charge in [0, 0.05) is 15.6 Å². The Balaban J connectivity index is 2.11. The van der Waals surface area contributed by atoms with E-state index in [0.717, 1.165) is 11.1 Å². The number of rotatable bonds is 5. The highest BCUT2D eigenvalue weighted by atomic mass is 35.5. The lowest BCUT2D eigenvalue weighted by Crippen LogP contribution is -1.99. The van der Waals surface area contributed by atoms with Crippen molar-refractivity contribution in [3.8, 4) is 5.75 Å². The number of hydrogen-bond donors (Lipinski definition) is 1. The topological polar surface area (TPSA) is 29.5 Å². The average molecular weight is 311 g/mol. The number of hydrogen-bond acceptors (Lipinski definition) is 2. The number of benzene rings is 2. The summed E-state index contributed by atoms with van der Waals surface area (Å²) < 4.78 is 5.71. The van der Waals surface area contributed by atoms with E-state index in [1.165, 1.54) is 0 Å². The Morgan fingerprint density at radius 2 is 1.75 bits per heavy atom. The molecule has 1 N–H and O–H groups in total. The van der Waals surface area contributed by atoms with Gasteiger partial charge in [-0.1, -0.05) is 48.3 Å². The van der Waals surface area contributed by atoms with Gasteiger partial charge in [-0.25, -0.2) is 0 Å². The molecule has 106 valence electrons. The average Bonchev–Trinajstić information content (AvgIpc) is 2.46. The molecule has 2 aromatic carbocycles. The van der Waals surface area contributed by atoms with E-state index >= 15 is 0 Å². The van der Waals surface area contributed by atoms with Gasteiger partial charge in [0.2, 0.25) is 0 Å². The van der Waals surface area contributed by atoms with Crippen molar-refractivity contribution in [2.75, 3.05) is 0 Å². The highest BCUT2D eigenvalue weighted by Crippen LogP contribution is 2.27. The molecule has 20 heavy (non-hydrogen) atoms. The van der Waals surface area contributed by atoms with Crippen LogP contribution in [-0.4, -0.2) is 5.11 Å². The van der Waals surface area contributed by atoms with E-state index in [1.54, 1.807) is 18.2 Å². The van der Waals surface area contributed by atoms with Crippen molar-refractivity contribution >= 4 is 23.2 Å². The van der Waals surface area contributed by atoms with Gasteiger partial charge in [-0.2, -0.15) is 0 Å². The van der Waals surface area contributed by atoms with Crippen LogP contribution in [0.4, 0.5) is 0 Å². The van der Waals surface area contributed by atoms with Crippen LogP contribution in [0.5, 0.6) is 5.75 Å². The van der Waals surface area contributed by atoms with Crippen molar-refractivity contribution in [3.63, 3.8) is 0 Å². The van der Waals surface area contributed by atoms with Crippen LogP contribution in [0, 0.1) is 0 Å². The summed E-state index contributed by atoms with van der Waals surface area (Å²) in [5.41, 5.74) is 1.60. The fourth-order valence-corrected chi connectivity index (χ4v) is 2.38. The minimum absolute atomic E-state index is 0.296. The largest absolute Gasteiger partial charge is 0.489 e. The predicted octanol–water partition coefficient (Wildman–Crippen LogP) is 5.02. The fraction of sp³-hybridized carbons (Fsp3) is 0.250. The Bertz CT molecular complexity index is 564. The first-order valence-electron chi connectivity index (χ1n) is 6.45. The van der Waals surface area contributed by atoms with E-state index in [0.29, 0.717) is 28.8 Å². The van der Waals surface area contributed by atoms with Crippen LogP contribution < -0.4 is 4.74 Å². The minimum Gasteiger partial charge on any atom is -0.489 e. The molecule has 0 spiro atoms. The first kappa shape index (κ1) is 15.2. The molecule has 0 saturated heterocycles. The van der Waals surface area contributed by atoms with E-state index in [4.69, 9.17) is 27.9 Å². The predicted molar refractivity (Wildman–Crippen MR) is 82.5 cm³/mol. The lowest BCUT2D eigenvalue weighted by atomic mass is 10.1. The van der Waals surface area contributed by atoms with Gasteiger partial charge in [0.15, 0.2) is 0 Å². The second kappa shape index (κ2) is 6.98. The molecule has 0 amide bonds. The second-order valence-electron chi connectivity index (χ2n) is 4.49. The first-order valence-corrected chi connectivity index (χ1v) is 7.21. The molecular weight excluding hydrogens is 295 g/mol. The Labute approximate surface area is 128 Å². The summed E-state index contributed by atoms with van der Waals surface area (Å²) in [6.45, 7) is 2.23. The zero-order chi connectivity index (χ0) is 14.5. The fourth-order valence-electron chi connectivity index (χ4n) is 1.87. The minimum atomic E-state index is -0.470. The molecule has 2 rings (SSSR count). The van der Waals surface area contributed by atoms with Gasteiger partial charge in [0.05, 0.1) is 6.10 Å². The maximum Gasteiger partial charge on any atom is 0.120 e. The molecule has 1 atom stereocenters. The Hall–Kier alpha value is -1.22. The molecule has 0 heterocycles. The molecule has 0 aliphatic rings. The lowest BCUT2D eigenvalue weighted by molar-refractivity contribution is 0.173. The van der Waals surface area contributed by atoms with Crippen LogP contribution in [0.3, 0.4) is 0 Å². The van der Waals surface area contributed by atoms with Crippen molar-refractivity contribution in [1.82, 2.24) is 0 Å². The summed E-state index contributed by atoms with van der Waals surface area (Å²) in [4.78, 5) is 0. The summed E-state index contributed by atoms with van der Waals surface area (Å²) in [7, 11) is 0. The van der Waals surface area contributed by atoms with Gasteiger partial charge in [-0.15, -0.1) is 0 Å². The highest BCUT2D eigenvalue weighted by molar-refractivity contribution is 6.35. The first-order chi connectivity index (χ1) is 9.61. The van der Waals surface area contributed by atoms with E-state index in [-0.39, 0.29) is 0 Å². The highest BCUT2D eigenvalue weighted by Gasteiger charge is 2.08.